The van der Waals surface area contributed by atoms with E-state index in [4.69, 9.17) is 0 Å². The highest BCUT2D eigenvalue weighted by molar-refractivity contribution is 5.68. The summed E-state index contributed by atoms with van der Waals surface area (Å²) in [6.07, 6.45) is 0.931. The van der Waals surface area contributed by atoms with Crippen molar-refractivity contribution in [3.05, 3.63) is 29.3 Å². The highest BCUT2D eigenvalue weighted by Crippen LogP contribution is 2.22. The summed E-state index contributed by atoms with van der Waals surface area (Å²) in [4.78, 5) is 14.5. The molecule has 7 nitrogen and oxygen atoms in total. The summed E-state index contributed by atoms with van der Waals surface area (Å²) < 4.78 is 4.66. The topological polar surface area (TPSA) is 73.1 Å². The van der Waals surface area contributed by atoms with E-state index in [1.807, 2.05) is 12.1 Å². The average molecular weight is 331 g/mol. The number of benzene rings is 1. The molecule has 0 bridgehead atoms. The average Bonchev–Trinajstić information content (AvgIpc) is 2.98. The third-order valence-corrected chi connectivity index (χ3v) is 3.82. The number of hydrogen-bond donors (Lipinski definition) is 0. The Bertz CT molecular complexity index is 692. The summed E-state index contributed by atoms with van der Waals surface area (Å²) in [7, 11) is 1.38. The maximum atomic E-state index is 11.3. The number of carbonyl (C=O) groups is 1. The van der Waals surface area contributed by atoms with Crippen LogP contribution in [0.2, 0.25) is 0 Å². The third kappa shape index (κ3) is 3.90. The molecular weight excluding hydrogens is 306 g/mol. The lowest BCUT2D eigenvalue weighted by Gasteiger charge is -2.36. The molecule has 1 aromatic heterocycles. The molecule has 0 radical (unpaired) electrons. The smallest absolute Gasteiger partial charge is 0.409 e. The molecule has 24 heavy (non-hydrogen) atoms. The molecule has 1 fully saturated rings. The van der Waals surface area contributed by atoms with E-state index in [0.717, 1.165) is 5.56 Å². The second-order valence-corrected chi connectivity index (χ2v) is 5.97. The number of rotatable bonds is 2. The molecule has 0 spiro atoms. The van der Waals surface area contributed by atoms with E-state index < -0.39 is 0 Å². The normalized spacial score (nSPS) is 13.8. The van der Waals surface area contributed by atoms with Crippen molar-refractivity contribution < 1.29 is 9.53 Å². The molecule has 0 aliphatic carbocycles. The summed E-state index contributed by atoms with van der Waals surface area (Å²) in [5, 5.41) is 12.6. The van der Waals surface area contributed by atoms with Crippen molar-refractivity contribution in [1.29, 1.82) is 0 Å². The highest BCUT2D eigenvalue weighted by Gasteiger charge is 2.34. The molecule has 0 unspecified atom stereocenters. The van der Waals surface area contributed by atoms with Gasteiger partial charge in [0.2, 0.25) is 5.82 Å². The molecule has 1 aliphatic heterocycles. The Hall–Kier alpha value is -2.44. The van der Waals surface area contributed by atoms with Gasteiger partial charge in [0.15, 0.2) is 0 Å². The largest absolute Gasteiger partial charge is 0.453 e. The van der Waals surface area contributed by atoms with E-state index in [9.17, 15) is 4.79 Å². The van der Waals surface area contributed by atoms with Crippen LogP contribution in [0.4, 0.5) is 4.79 Å². The number of tetrazole rings is 1. The molecule has 1 aromatic carbocycles. The maximum absolute atomic E-state index is 11.3. The number of methoxy groups -OCH3 is 1. The Morgan fingerprint density at radius 3 is 2.50 bits per heavy atom. The quantitative estimate of drug-likeness (QED) is 0.846. The van der Waals surface area contributed by atoms with Crippen LogP contribution in [0, 0.1) is 13.8 Å². The van der Waals surface area contributed by atoms with Crippen LogP contribution < -0.4 is 0 Å². The monoisotopic (exact) mass is 331 g/mol. The number of likely N-dealkylation sites (tertiary alicyclic amines) is 1. The lowest BCUT2D eigenvalue weighted by molar-refractivity contribution is 0.0621. The Morgan fingerprint density at radius 2 is 1.92 bits per heavy atom. The summed E-state index contributed by atoms with van der Waals surface area (Å²) in [5.74, 6) is 0.606. The minimum absolute atomic E-state index is 0.0666. The van der Waals surface area contributed by atoms with E-state index in [1.165, 1.54) is 24.7 Å². The Balaban J connectivity index is 0.000000647. The van der Waals surface area contributed by atoms with Gasteiger partial charge in [-0.05, 0) is 36.3 Å². The second-order valence-electron chi connectivity index (χ2n) is 5.97. The molecular formula is C17H25N5O2. The molecule has 1 aliphatic rings. The predicted molar refractivity (Wildman–Crippen MR) is 91.7 cm³/mol. The molecule has 2 heterocycles. The minimum atomic E-state index is -0.319. The number of amides is 1. The van der Waals surface area contributed by atoms with Crippen LogP contribution >= 0.6 is 0 Å². The Labute approximate surface area is 142 Å². The Kier molecular flexibility index (Phi) is 5.89. The SMILES string of the molecule is CCC.COC(=O)N1CC(n2nnc(-c3ccc(C)c(C)c3)n2)C1. The van der Waals surface area contributed by atoms with Crippen molar-refractivity contribution in [3.63, 3.8) is 0 Å². The first-order valence-corrected chi connectivity index (χ1v) is 8.20. The third-order valence-electron chi connectivity index (χ3n) is 3.82. The highest BCUT2D eigenvalue weighted by atomic mass is 16.5. The van der Waals surface area contributed by atoms with Gasteiger partial charge in [-0.2, -0.15) is 4.80 Å². The molecule has 3 rings (SSSR count). The molecule has 130 valence electrons. The number of carbonyl (C=O) groups excluding carboxylic acids is 1. The number of aromatic nitrogens is 4. The molecule has 0 saturated carbocycles. The first-order chi connectivity index (χ1) is 11.5. The van der Waals surface area contributed by atoms with Crippen molar-refractivity contribution in [3.8, 4) is 11.4 Å². The van der Waals surface area contributed by atoms with Gasteiger partial charge in [0.1, 0.15) is 6.04 Å². The first kappa shape index (κ1) is 17.9. The van der Waals surface area contributed by atoms with Crippen molar-refractivity contribution in [2.24, 2.45) is 0 Å². The van der Waals surface area contributed by atoms with Crippen LogP contribution in [0.1, 0.15) is 37.4 Å². The van der Waals surface area contributed by atoms with E-state index in [0.29, 0.717) is 18.9 Å². The summed E-state index contributed by atoms with van der Waals surface area (Å²) >= 11 is 0. The lowest BCUT2D eigenvalue weighted by atomic mass is 10.1. The molecule has 1 amide bonds. The van der Waals surface area contributed by atoms with Gasteiger partial charge in [-0.25, -0.2) is 4.79 Å². The van der Waals surface area contributed by atoms with Crippen LogP contribution in [0.3, 0.4) is 0 Å². The van der Waals surface area contributed by atoms with Crippen LogP contribution in [-0.4, -0.2) is 51.4 Å². The van der Waals surface area contributed by atoms with E-state index >= 15 is 0 Å². The summed E-state index contributed by atoms with van der Waals surface area (Å²) in [5.41, 5.74) is 3.39. The molecule has 0 N–H and O–H groups in total. The van der Waals surface area contributed by atoms with Crippen LogP contribution in [-0.2, 0) is 4.74 Å². The van der Waals surface area contributed by atoms with Gasteiger partial charge in [0.05, 0.1) is 20.2 Å². The zero-order chi connectivity index (χ0) is 17.7. The van der Waals surface area contributed by atoms with Crippen LogP contribution in [0.15, 0.2) is 18.2 Å². The van der Waals surface area contributed by atoms with Gasteiger partial charge < -0.3 is 9.64 Å². The van der Waals surface area contributed by atoms with Crippen molar-refractivity contribution in [2.75, 3.05) is 20.2 Å². The fraction of sp³-hybridized carbons (Fsp3) is 0.529. The predicted octanol–water partition coefficient (Wildman–Crippen LogP) is 3.00. The lowest BCUT2D eigenvalue weighted by Crippen LogP contribution is -2.51. The second kappa shape index (κ2) is 7.90. The van der Waals surface area contributed by atoms with Gasteiger partial charge in [0, 0.05) is 5.56 Å². The van der Waals surface area contributed by atoms with Gasteiger partial charge in [-0.3, -0.25) is 0 Å². The van der Waals surface area contributed by atoms with Gasteiger partial charge in [0.25, 0.3) is 0 Å². The van der Waals surface area contributed by atoms with Crippen LogP contribution in [0.5, 0.6) is 0 Å². The van der Waals surface area contributed by atoms with Crippen molar-refractivity contribution >= 4 is 6.09 Å². The summed E-state index contributed by atoms with van der Waals surface area (Å²) in [6.45, 7) is 9.48. The van der Waals surface area contributed by atoms with E-state index in [-0.39, 0.29) is 12.1 Å². The zero-order valence-electron chi connectivity index (χ0n) is 15.0. The summed E-state index contributed by atoms with van der Waals surface area (Å²) in [6, 6.07) is 6.16. The number of ether oxygens (including phenoxy) is 1. The zero-order valence-corrected chi connectivity index (χ0v) is 15.0. The first-order valence-electron chi connectivity index (χ1n) is 8.20. The minimum Gasteiger partial charge on any atom is -0.453 e. The van der Waals surface area contributed by atoms with Gasteiger partial charge in [-0.1, -0.05) is 32.4 Å². The van der Waals surface area contributed by atoms with Crippen molar-refractivity contribution in [2.45, 2.75) is 40.2 Å². The fourth-order valence-electron chi connectivity index (χ4n) is 2.26. The van der Waals surface area contributed by atoms with Crippen molar-refractivity contribution in [1.82, 2.24) is 25.1 Å². The maximum Gasteiger partial charge on any atom is 0.409 e. The van der Waals surface area contributed by atoms with Gasteiger partial charge in [-0.15, -0.1) is 10.2 Å². The van der Waals surface area contributed by atoms with Crippen LogP contribution in [0.25, 0.3) is 11.4 Å². The Morgan fingerprint density at radius 1 is 1.25 bits per heavy atom. The fourth-order valence-corrected chi connectivity index (χ4v) is 2.26. The molecule has 7 heteroatoms. The van der Waals surface area contributed by atoms with E-state index in [1.54, 1.807) is 9.70 Å². The molecule has 1 saturated heterocycles. The number of hydrogen-bond acceptors (Lipinski definition) is 5. The number of aryl methyl sites for hydroxylation is 2. The van der Waals surface area contributed by atoms with Gasteiger partial charge >= 0.3 is 6.09 Å². The van der Waals surface area contributed by atoms with E-state index in [2.05, 4.69) is 53.9 Å². The molecule has 0 atom stereocenters. The molecule has 2 aromatic rings. The standard InChI is InChI=1S/C14H17N5O2.C3H8/c1-9-4-5-11(6-10(9)2)13-15-17-19(16-13)12-7-18(8-12)14(20)21-3;1-3-2/h4-6,12H,7-8H2,1-3H3;3H2,1-2H3. The number of nitrogens with zero attached hydrogens (tertiary/aromatic N) is 5.